The van der Waals surface area contributed by atoms with Crippen LogP contribution in [0.1, 0.15) is 31.2 Å². The van der Waals surface area contributed by atoms with E-state index in [-0.39, 0.29) is 41.3 Å². The number of amides is 2. The second kappa shape index (κ2) is 9.47. The number of hydrogen-bond acceptors (Lipinski definition) is 7. The molecule has 1 fully saturated rings. The first-order chi connectivity index (χ1) is 20.2. The maximum absolute atomic E-state index is 14.1. The normalized spacial score (nSPS) is 25.3. The zero-order valence-corrected chi connectivity index (χ0v) is 22.7. The Bertz CT molecular complexity index is 1850. The monoisotopic (exact) mass is 559 g/mol. The van der Waals surface area contributed by atoms with E-state index in [9.17, 15) is 34.3 Å². The van der Waals surface area contributed by atoms with E-state index in [0.29, 0.717) is 22.3 Å². The number of Topliss-reactive ketones (excluding diaryl/α,β-unsaturated/α-hetero) is 1. The average molecular weight is 559 g/mol. The van der Waals surface area contributed by atoms with Crippen molar-refractivity contribution in [2.24, 2.45) is 17.8 Å². The van der Waals surface area contributed by atoms with Gasteiger partial charge < -0.3 is 15.2 Å². The minimum Gasteiger partial charge on any atom is -0.508 e. The molecule has 1 aliphatic heterocycles. The van der Waals surface area contributed by atoms with Gasteiger partial charge in [0.2, 0.25) is 11.8 Å². The van der Waals surface area contributed by atoms with Crippen molar-refractivity contribution in [3.05, 3.63) is 101 Å². The minimum absolute atomic E-state index is 0.0180. The largest absolute Gasteiger partial charge is 0.508 e. The van der Waals surface area contributed by atoms with E-state index in [1.54, 1.807) is 31.2 Å². The molecule has 3 aliphatic carbocycles. The van der Waals surface area contributed by atoms with Crippen molar-refractivity contribution in [2.75, 3.05) is 4.90 Å². The van der Waals surface area contributed by atoms with Crippen LogP contribution in [0, 0.1) is 17.8 Å². The van der Waals surface area contributed by atoms with E-state index >= 15 is 0 Å². The molecule has 0 radical (unpaired) electrons. The predicted octanol–water partition coefficient (Wildman–Crippen LogP) is 2.86. The number of fused-ring (bicyclic) bond motifs is 4. The van der Waals surface area contributed by atoms with E-state index in [4.69, 9.17) is 0 Å². The van der Waals surface area contributed by atoms with Crippen molar-refractivity contribution < 1.29 is 34.3 Å². The summed E-state index contributed by atoms with van der Waals surface area (Å²) in [6.07, 6.45) is 3.63. The number of ketones is 2. The molecule has 0 bridgehead atoms. The number of benzene rings is 3. The van der Waals surface area contributed by atoms with Crippen LogP contribution in [0.25, 0.3) is 10.8 Å². The second-order valence-corrected chi connectivity index (χ2v) is 11.4. The van der Waals surface area contributed by atoms with Gasteiger partial charge in [0.1, 0.15) is 5.75 Å². The van der Waals surface area contributed by atoms with Crippen LogP contribution >= 0.6 is 0 Å². The molecule has 208 valence electrons. The van der Waals surface area contributed by atoms with Crippen LogP contribution in [-0.2, 0) is 19.2 Å². The first kappa shape index (κ1) is 26.3. The Kier molecular flexibility index (Phi) is 5.94. The Balaban J connectivity index is 1.40. The Labute approximate surface area is 241 Å². The number of phenolic OH excluding ortho intramolecular Hbond substituents is 1. The van der Waals surface area contributed by atoms with Gasteiger partial charge >= 0.3 is 7.12 Å². The summed E-state index contributed by atoms with van der Waals surface area (Å²) in [5, 5.41) is 32.2. The van der Waals surface area contributed by atoms with Crippen LogP contribution in [0.2, 0.25) is 0 Å². The van der Waals surface area contributed by atoms with Gasteiger partial charge in [-0.05, 0) is 66.2 Å². The highest BCUT2D eigenvalue weighted by Crippen LogP contribution is 2.57. The van der Waals surface area contributed by atoms with Crippen LogP contribution in [-0.4, -0.2) is 45.7 Å². The Morgan fingerprint density at radius 1 is 0.905 bits per heavy atom. The zero-order valence-electron chi connectivity index (χ0n) is 22.7. The van der Waals surface area contributed by atoms with Crippen LogP contribution in [0.5, 0.6) is 5.75 Å². The lowest BCUT2D eigenvalue weighted by atomic mass is 9.59. The summed E-state index contributed by atoms with van der Waals surface area (Å²) in [6, 6.07) is 16.9. The zero-order chi connectivity index (χ0) is 29.4. The number of nitrogens with zero attached hydrogens (tertiary/aromatic N) is 1. The van der Waals surface area contributed by atoms with Gasteiger partial charge in [-0.25, -0.2) is 0 Å². The molecule has 7 rings (SSSR count). The van der Waals surface area contributed by atoms with Crippen molar-refractivity contribution >= 4 is 52.4 Å². The molecule has 3 aromatic rings. The van der Waals surface area contributed by atoms with Crippen molar-refractivity contribution in [2.45, 2.75) is 25.7 Å². The fourth-order valence-corrected chi connectivity index (χ4v) is 7.38. The van der Waals surface area contributed by atoms with Gasteiger partial charge in [-0.1, -0.05) is 54.1 Å². The number of allylic oxidation sites excluding steroid dienone is 6. The van der Waals surface area contributed by atoms with Crippen LogP contribution in [0.4, 0.5) is 5.69 Å². The summed E-state index contributed by atoms with van der Waals surface area (Å²) in [6.45, 7) is 1.60. The van der Waals surface area contributed by atoms with Crippen molar-refractivity contribution in [1.82, 2.24) is 0 Å². The Morgan fingerprint density at radius 2 is 1.69 bits per heavy atom. The van der Waals surface area contributed by atoms with Crippen molar-refractivity contribution in [3.8, 4) is 5.75 Å². The third-order valence-electron chi connectivity index (χ3n) is 9.23. The number of rotatable bonds is 3. The number of phenols is 1. The SMILES string of the molecule is CC1=CC(=O)C2=C(C[C@@H]3C(=CC[C@@H]4C(=O)N(c5cccc(B(O)O)c5)C(=O)[C@@H]43)[C@@H]2c2c(O)ccc3ccccc23)C1=O. The molecule has 3 N–H and O–H groups in total. The molecule has 0 spiro atoms. The van der Waals surface area contributed by atoms with E-state index in [2.05, 4.69) is 0 Å². The van der Waals surface area contributed by atoms with E-state index < -0.39 is 42.6 Å². The Morgan fingerprint density at radius 3 is 2.48 bits per heavy atom. The van der Waals surface area contributed by atoms with Gasteiger partial charge in [0, 0.05) is 28.2 Å². The molecule has 0 unspecified atom stereocenters. The van der Waals surface area contributed by atoms with Gasteiger partial charge in [-0.2, -0.15) is 0 Å². The molecule has 0 aromatic heterocycles. The molecular weight excluding hydrogens is 533 g/mol. The summed E-state index contributed by atoms with van der Waals surface area (Å²) in [5.41, 5.74) is 2.60. The molecule has 4 aliphatic rings. The molecule has 8 nitrogen and oxygen atoms in total. The number of anilines is 1. The summed E-state index contributed by atoms with van der Waals surface area (Å²) in [7, 11) is -1.77. The summed E-state index contributed by atoms with van der Waals surface area (Å²) >= 11 is 0. The van der Waals surface area contributed by atoms with Gasteiger partial charge in [0.25, 0.3) is 0 Å². The third-order valence-corrected chi connectivity index (χ3v) is 9.23. The molecule has 1 saturated heterocycles. The van der Waals surface area contributed by atoms with E-state index in [0.717, 1.165) is 21.2 Å². The third kappa shape index (κ3) is 3.70. The lowest BCUT2D eigenvalue weighted by Crippen LogP contribution is -2.40. The molecule has 2 amide bonds. The molecule has 4 atom stereocenters. The molecule has 9 heteroatoms. The Hall–Kier alpha value is -4.60. The van der Waals surface area contributed by atoms with Crippen LogP contribution < -0.4 is 10.4 Å². The van der Waals surface area contributed by atoms with Gasteiger partial charge in [-0.3, -0.25) is 24.1 Å². The van der Waals surface area contributed by atoms with Gasteiger partial charge in [0.05, 0.1) is 17.5 Å². The number of carbonyl (C=O) groups excluding carboxylic acids is 4. The molecule has 0 saturated carbocycles. The van der Waals surface area contributed by atoms with Gasteiger partial charge in [-0.15, -0.1) is 0 Å². The summed E-state index contributed by atoms with van der Waals surface area (Å²) in [5.74, 6) is -4.20. The maximum Gasteiger partial charge on any atom is 0.488 e. The topological polar surface area (TPSA) is 132 Å². The second-order valence-electron chi connectivity index (χ2n) is 11.4. The lowest BCUT2D eigenvalue weighted by molar-refractivity contribution is -0.123. The van der Waals surface area contributed by atoms with E-state index in [1.807, 2.05) is 30.3 Å². The number of carbonyl (C=O) groups is 4. The maximum atomic E-state index is 14.1. The number of aromatic hydroxyl groups is 1. The summed E-state index contributed by atoms with van der Waals surface area (Å²) in [4.78, 5) is 56.1. The first-order valence-electron chi connectivity index (χ1n) is 13.9. The minimum atomic E-state index is -1.77. The smallest absolute Gasteiger partial charge is 0.488 e. The summed E-state index contributed by atoms with van der Waals surface area (Å²) < 4.78 is 0. The highest BCUT2D eigenvalue weighted by molar-refractivity contribution is 6.58. The number of imide groups is 1. The highest BCUT2D eigenvalue weighted by Gasteiger charge is 2.57. The fourth-order valence-electron chi connectivity index (χ4n) is 7.38. The number of hydrogen-bond donors (Lipinski definition) is 3. The molecule has 42 heavy (non-hydrogen) atoms. The lowest BCUT2D eigenvalue weighted by Gasteiger charge is -2.42. The van der Waals surface area contributed by atoms with Crippen molar-refractivity contribution in [1.29, 1.82) is 0 Å². The fraction of sp³-hybridized carbons (Fsp3) is 0.212. The van der Waals surface area contributed by atoms with E-state index in [1.165, 1.54) is 18.2 Å². The molecule has 1 heterocycles. The molecular formula is C33H26BNO7. The quantitative estimate of drug-likeness (QED) is 0.195. The highest BCUT2D eigenvalue weighted by atomic mass is 16.4. The molecule has 3 aromatic carbocycles. The van der Waals surface area contributed by atoms with Crippen molar-refractivity contribution in [3.63, 3.8) is 0 Å². The predicted molar refractivity (Wildman–Crippen MR) is 156 cm³/mol. The average Bonchev–Trinajstić information content (AvgIpc) is 3.24. The standard InChI is InChI=1S/C33H26BNO7/c1-16-13-26(37)29-24(31(16)38)15-23-21(30(29)28-20-8-3-2-5-17(20)9-12-25(28)36)10-11-22-27(23)33(40)35(32(22)39)19-7-4-6-18(14-19)34(41)42/h2-10,12-14,22-23,27,30,36,41-42H,11,15H2,1H3/t22-,23+,27-,30+/m0/s1. The van der Waals surface area contributed by atoms with Crippen LogP contribution in [0.3, 0.4) is 0 Å². The first-order valence-corrected chi connectivity index (χ1v) is 13.9. The van der Waals surface area contributed by atoms with Gasteiger partial charge in [0.15, 0.2) is 11.6 Å². The van der Waals surface area contributed by atoms with Crippen LogP contribution in [0.15, 0.2) is 95.1 Å².